The van der Waals surface area contributed by atoms with E-state index in [-0.39, 0.29) is 10.8 Å². The van der Waals surface area contributed by atoms with Crippen LogP contribution in [-0.2, 0) is 10.0 Å². The molecular weight excluding hydrogens is 244 g/mol. The van der Waals surface area contributed by atoms with Crippen LogP contribution in [0.5, 0.6) is 0 Å². The lowest BCUT2D eigenvalue weighted by molar-refractivity contribution is 0.598. The Kier molecular flexibility index (Phi) is 2.69. The minimum Gasteiger partial charge on any atom is -0.367 e. The molecule has 8 nitrogen and oxygen atoms in total. The van der Waals surface area contributed by atoms with Gasteiger partial charge in [0.25, 0.3) is 0 Å². The topological polar surface area (TPSA) is 129 Å². The Balaban J connectivity index is 2.23. The Morgan fingerprint density at radius 2 is 1.88 bits per heavy atom. The number of rotatable bonds is 3. The number of nitrogen functional groups attached to an aromatic ring is 1. The van der Waals surface area contributed by atoms with Crippen LogP contribution in [0.3, 0.4) is 0 Å². The van der Waals surface area contributed by atoms with E-state index in [0.717, 1.165) is 0 Å². The number of anilines is 2. The van der Waals surface area contributed by atoms with Gasteiger partial charge in [0.15, 0.2) is 0 Å². The molecular formula is C8H10N6O2S. The van der Waals surface area contributed by atoms with Crippen molar-refractivity contribution in [2.75, 3.05) is 11.2 Å². The molecule has 1 aromatic carbocycles. The van der Waals surface area contributed by atoms with Crippen molar-refractivity contribution in [1.29, 1.82) is 0 Å². The summed E-state index contributed by atoms with van der Waals surface area (Å²) >= 11 is 0. The van der Waals surface area contributed by atoms with Crippen molar-refractivity contribution in [3.05, 3.63) is 30.6 Å². The highest BCUT2D eigenvalue weighted by Gasteiger charge is 2.07. The Morgan fingerprint density at radius 3 is 2.35 bits per heavy atom. The molecule has 0 spiro atoms. The predicted molar refractivity (Wildman–Crippen MR) is 61.3 cm³/mol. The normalized spacial score (nSPS) is 11.4. The van der Waals surface area contributed by atoms with Gasteiger partial charge < -0.3 is 5.73 Å². The summed E-state index contributed by atoms with van der Waals surface area (Å²) in [7, 11) is -3.68. The van der Waals surface area contributed by atoms with E-state index >= 15 is 0 Å². The summed E-state index contributed by atoms with van der Waals surface area (Å²) in [4.78, 5) is 5.01. The average molecular weight is 254 g/mol. The number of primary sulfonamides is 1. The number of nitrogens with zero attached hydrogens (tertiary/aromatic N) is 3. The molecule has 90 valence electrons. The van der Waals surface area contributed by atoms with E-state index in [1.807, 2.05) is 0 Å². The molecule has 0 bridgehead atoms. The molecule has 0 radical (unpaired) electrons. The lowest BCUT2D eigenvalue weighted by Gasteiger charge is -2.06. The van der Waals surface area contributed by atoms with E-state index < -0.39 is 10.0 Å². The number of sulfonamides is 1. The summed E-state index contributed by atoms with van der Waals surface area (Å²) in [6.45, 7) is 0. The number of hydrogen-bond donors (Lipinski definition) is 3. The molecule has 0 saturated carbocycles. The first kappa shape index (κ1) is 11.4. The Labute approximate surface area is 97.3 Å². The first-order valence-electron chi connectivity index (χ1n) is 4.52. The fourth-order valence-corrected chi connectivity index (χ4v) is 1.69. The number of aromatic nitrogens is 3. The van der Waals surface area contributed by atoms with Gasteiger partial charge in [-0.3, -0.25) is 5.43 Å². The SMILES string of the molecule is Nc1ncnn1Nc1ccc(S(N)(=O)=O)cc1. The molecule has 0 fully saturated rings. The lowest BCUT2D eigenvalue weighted by atomic mass is 10.3. The highest BCUT2D eigenvalue weighted by Crippen LogP contribution is 2.13. The molecule has 2 aromatic rings. The molecule has 0 unspecified atom stereocenters. The van der Waals surface area contributed by atoms with Crippen LogP contribution in [0.1, 0.15) is 0 Å². The number of benzene rings is 1. The summed E-state index contributed by atoms with van der Waals surface area (Å²) in [5, 5.41) is 8.78. The summed E-state index contributed by atoms with van der Waals surface area (Å²) in [6.07, 6.45) is 1.29. The first-order chi connectivity index (χ1) is 7.97. The quantitative estimate of drug-likeness (QED) is 0.669. The molecule has 1 heterocycles. The maximum atomic E-state index is 11.0. The van der Waals surface area contributed by atoms with Crippen molar-refractivity contribution in [1.82, 2.24) is 14.9 Å². The Morgan fingerprint density at radius 1 is 1.24 bits per heavy atom. The zero-order valence-electron chi connectivity index (χ0n) is 8.61. The summed E-state index contributed by atoms with van der Waals surface area (Å²) in [5.74, 6) is 0.195. The van der Waals surface area contributed by atoms with Crippen molar-refractivity contribution < 1.29 is 8.42 Å². The standard InChI is InChI=1S/C8H10N6O2S/c9-8-11-5-12-14(8)13-6-1-3-7(4-2-6)17(10,15)16/h1-5,13H,(H2,9,11,12)(H2,10,15,16). The molecule has 17 heavy (non-hydrogen) atoms. The third kappa shape index (κ3) is 2.52. The minimum absolute atomic E-state index is 0.0367. The number of nitrogens with two attached hydrogens (primary N) is 2. The van der Waals surface area contributed by atoms with Crippen LogP contribution in [0.4, 0.5) is 11.6 Å². The van der Waals surface area contributed by atoms with Crippen LogP contribution >= 0.6 is 0 Å². The van der Waals surface area contributed by atoms with Crippen molar-refractivity contribution in [3.8, 4) is 0 Å². The van der Waals surface area contributed by atoms with Crippen molar-refractivity contribution in [3.63, 3.8) is 0 Å². The molecule has 5 N–H and O–H groups in total. The fourth-order valence-electron chi connectivity index (χ4n) is 1.18. The van der Waals surface area contributed by atoms with E-state index in [9.17, 15) is 8.42 Å². The maximum Gasteiger partial charge on any atom is 0.239 e. The molecule has 0 aliphatic heterocycles. The summed E-state index contributed by atoms with van der Waals surface area (Å²) < 4.78 is 22.1. The highest BCUT2D eigenvalue weighted by molar-refractivity contribution is 7.89. The van der Waals surface area contributed by atoms with Gasteiger partial charge >= 0.3 is 0 Å². The van der Waals surface area contributed by atoms with Crippen LogP contribution in [0, 0.1) is 0 Å². The minimum atomic E-state index is -3.68. The molecule has 0 atom stereocenters. The largest absolute Gasteiger partial charge is 0.367 e. The molecule has 0 aliphatic rings. The predicted octanol–water partition coefficient (Wildman–Crippen LogP) is -0.617. The molecule has 0 aliphatic carbocycles. The number of nitrogens with one attached hydrogen (secondary N) is 1. The first-order valence-corrected chi connectivity index (χ1v) is 6.07. The van der Waals surface area contributed by atoms with Gasteiger partial charge in [0.1, 0.15) is 6.33 Å². The van der Waals surface area contributed by atoms with E-state index in [4.69, 9.17) is 10.9 Å². The van der Waals surface area contributed by atoms with Gasteiger partial charge in [-0.1, -0.05) is 0 Å². The Hall–Kier alpha value is -2.13. The van der Waals surface area contributed by atoms with Gasteiger partial charge in [-0.2, -0.15) is 4.98 Å². The average Bonchev–Trinajstić information content (AvgIpc) is 2.64. The fraction of sp³-hybridized carbons (Fsp3) is 0. The highest BCUT2D eigenvalue weighted by atomic mass is 32.2. The van der Waals surface area contributed by atoms with E-state index in [0.29, 0.717) is 5.69 Å². The zero-order valence-corrected chi connectivity index (χ0v) is 9.42. The third-order valence-corrected chi connectivity index (χ3v) is 2.92. The second-order valence-electron chi connectivity index (χ2n) is 3.21. The van der Waals surface area contributed by atoms with Gasteiger partial charge in [-0.15, -0.1) is 9.89 Å². The van der Waals surface area contributed by atoms with E-state index in [1.54, 1.807) is 12.1 Å². The Bertz CT molecular complexity index is 618. The van der Waals surface area contributed by atoms with E-state index in [2.05, 4.69) is 15.5 Å². The van der Waals surface area contributed by atoms with Crippen LogP contribution < -0.4 is 16.3 Å². The van der Waals surface area contributed by atoms with Gasteiger partial charge in [0.05, 0.1) is 10.6 Å². The number of hydrogen-bond acceptors (Lipinski definition) is 6. The van der Waals surface area contributed by atoms with Crippen molar-refractivity contribution in [2.24, 2.45) is 5.14 Å². The second kappa shape index (κ2) is 4.03. The van der Waals surface area contributed by atoms with Crippen LogP contribution in [0.15, 0.2) is 35.5 Å². The molecule has 9 heteroatoms. The van der Waals surface area contributed by atoms with Crippen LogP contribution in [0.25, 0.3) is 0 Å². The van der Waals surface area contributed by atoms with Gasteiger partial charge in [-0.25, -0.2) is 13.6 Å². The summed E-state index contributed by atoms with van der Waals surface area (Å²) in [5.41, 5.74) is 8.92. The van der Waals surface area contributed by atoms with Gasteiger partial charge in [-0.05, 0) is 24.3 Å². The van der Waals surface area contributed by atoms with Crippen molar-refractivity contribution in [2.45, 2.75) is 4.90 Å². The van der Waals surface area contributed by atoms with Gasteiger partial charge in [0, 0.05) is 0 Å². The molecule has 2 rings (SSSR count). The monoisotopic (exact) mass is 254 g/mol. The summed E-state index contributed by atoms with van der Waals surface area (Å²) in [6, 6.07) is 5.84. The van der Waals surface area contributed by atoms with Crippen LogP contribution in [-0.4, -0.2) is 23.3 Å². The van der Waals surface area contributed by atoms with E-state index in [1.165, 1.54) is 23.3 Å². The third-order valence-electron chi connectivity index (χ3n) is 1.99. The lowest BCUT2D eigenvalue weighted by Crippen LogP contribution is -2.15. The second-order valence-corrected chi connectivity index (χ2v) is 4.77. The molecule has 0 saturated heterocycles. The van der Waals surface area contributed by atoms with Crippen molar-refractivity contribution >= 4 is 21.7 Å². The van der Waals surface area contributed by atoms with Crippen LogP contribution in [0.2, 0.25) is 0 Å². The maximum absolute atomic E-state index is 11.0. The molecule has 0 amide bonds. The van der Waals surface area contributed by atoms with Gasteiger partial charge in [0.2, 0.25) is 16.0 Å². The zero-order chi connectivity index (χ0) is 12.5. The molecule has 1 aromatic heterocycles. The smallest absolute Gasteiger partial charge is 0.239 e.